The van der Waals surface area contributed by atoms with Gasteiger partial charge in [0.05, 0.1) is 0 Å². The van der Waals surface area contributed by atoms with E-state index in [-0.39, 0.29) is 5.71 Å². The van der Waals surface area contributed by atoms with Crippen LogP contribution in [0.4, 0.5) is 0 Å². The molecule has 1 aromatic rings. The van der Waals surface area contributed by atoms with E-state index in [0.29, 0.717) is 0 Å². The van der Waals surface area contributed by atoms with Gasteiger partial charge in [-0.1, -0.05) is 29.7 Å². The van der Waals surface area contributed by atoms with Crippen LogP contribution in [0, 0.1) is 16.7 Å². The summed E-state index contributed by atoms with van der Waals surface area (Å²) in [5.41, 5.74) is 4.55. The van der Waals surface area contributed by atoms with E-state index < -0.39 is 0 Å². The molecule has 0 aliphatic heterocycles. The molecule has 0 aromatic heterocycles. The lowest BCUT2D eigenvalue weighted by Crippen LogP contribution is -2.15. The molecule has 0 fully saturated rings. The first-order valence-electron chi connectivity index (χ1n) is 6.21. The fraction of sp³-hybridized carbons (Fsp3) is 0.286. The second kappa shape index (κ2) is 5.55. The molecule has 0 saturated carbocycles. The molecule has 4 heteroatoms. The summed E-state index contributed by atoms with van der Waals surface area (Å²) < 4.78 is 0. The molecule has 0 unspecified atom stereocenters. The van der Waals surface area contributed by atoms with Crippen molar-refractivity contribution in [2.24, 2.45) is 0 Å². The van der Waals surface area contributed by atoms with Crippen LogP contribution in [0.5, 0.6) is 0 Å². The molecule has 2 rings (SSSR count). The van der Waals surface area contributed by atoms with Crippen LogP contribution in [0.25, 0.3) is 0 Å². The quantitative estimate of drug-likeness (QED) is 0.606. The van der Waals surface area contributed by atoms with E-state index in [1.165, 1.54) is 11.0 Å². The monoisotopic (exact) mass is 237 g/mol. The first-order chi connectivity index (χ1) is 8.70. The summed E-state index contributed by atoms with van der Waals surface area (Å²) in [6.07, 6.45) is 2.84. The minimum Gasteiger partial charge on any atom is -0.384 e. The predicted octanol–water partition coefficient (Wildman–Crippen LogP) is 1.02. The first-order valence-corrected chi connectivity index (χ1v) is 6.21. The fourth-order valence-corrected chi connectivity index (χ4v) is 2.20. The molecule has 1 aliphatic carbocycles. The van der Waals surface area contributed by atoms with Gasteiger partial charge in [-0.05, 0) is 24.8 Å². The van der Waals surface area contributed by atoms with Crippen LogP contribution in [-0.2, 0) is 6.54 Å². The standard InChI is InChI=1S/C14H16BN3/c15-11-6-4-10(5-7-11)9-18-14-3-1-2-12(14)13(17)8-16/h4-7,17-18H,1-3,9,15H2. The summed E-state index contributed by atoms with van der Waals surface area (Å²) in [7, 11) is 2.07. The van der Waals surface area contributed by atoms with Gasteiger partial charge in [0.2, 0.25) is 0 Å². The Morgan fingerprint density at radius 2 is 2.06 bits per heavy atom. The number of rotatable bonds is 4. The predicted molar refractivity (Wildman–Crippen MR) is 75.7 cm³/mol. The molecule has 1 aromatic carbocycles. The smallest absolute Gasteiger partial charge is 0.139 e. The van der Waals surface area contributed by atoms with Gasteiger partial charge in [0.1, 0.15) is 19.6 Å². The molecule has 0 radical (unpaired) electrons. The first kappa shape index (κ1) is 12.4. The third kappa shape index (κ3) is 2.81. The van der Waals surface area contributed by atoms with Gasteiger partial charge in [0.15, 0.2) is 0 Å². The number of hydrogen-bond donors (Lipinski definition) is 2. The second-order valence-electron chi connectivity index (χ2n) is 4.64. The van der Waals surface area contributed by atoms with Gasteiger partial charge in [-0.3, -0.25) is 5.41 Å². The molecule has 2 N–H and O–H groups in total. The van der Waals surface area contributed by atoms with Crippen LogP contribution in [-0.4, -0.2) is 13.6 Å². The minimum atomic E-state index is 0.110. The average Bonchev–Trinajstić information content (AvgIpc) is 2.85. The molecule has 0 spiro atoms. The van der Waals surface area contributed by atoms with Crippen LogP contribution in [0.2, 0.25) is 0 Å². The van der Waals surface area contributed by atoms with Gasteiger partial charge in [-0.15, -0.1) is 0 Å². The highest BCUT2D eigenvalue weighted by Gasteiger charge is 2.17. The number of benzene rings is 1. The maximum Gasteiger partial charge on any atom is 0.139 e. The van der Waals surface area contributed by atoms with Gasteiger partial charge in [-0.2, -0.15) is 5.26 Å². The second-order valence-corrected chi connectivity index (χ2v) is 4.64. The zero-order valence-electron chi connectivity index (χ0n) is 10.6. The summed E-state index contributed by atoms with van der Waals surface area (Å²) in [5, 5.41) is 19.8. The molecule has 0 heterocycles. The van der Waals surface area contributed by atoms with Crippen molar-refractivity contribution in [2.45, 2.75) is 25.8 Å². The van der Waals surface area contributed by atoms with Crippen molar-refractivity contribution in [1.82, 2.24) is 5.32 Å². The molecule has 0 atom stereocenters. The van der Waals surface area contributed by atoms with Crippen molar-refractivity contribution in [2.75, 3.05) is 0 Å². The van der Waals surface area contributed by atoms with Crippen molar-refractivity contribution in [3.63, 3.8) is 0 Å². The number of nitriles is 1. The molecule has 0 saturated heterocycles. The van der Waals surface area contributed by atoms with Gasteiger partial charge in [0.25, 0.3) is 0 Å². The highest BCUT2D eigenvalue weighted by Crippen LogP contribution is 2.24. The van der Waals surface area contributed by atoms with Gasteiger partial charge in [-0.25, -0.2) is 0 Å². The van der Waals surface area contributed by atoms with Crippen molar-refractivity contribution >= 4 is 19.0 Å². The zero-order chi connectivity index (χ0) is 13.0. The van der Waals surface area contributed by atoms with Crippen molar-refractivity contribution in [1.29, 1.82) is 10.7 Å². The van der Waals surface area contributed by atoms with Gasteiger partial charge >= 0.3 is 0 Å². The van der Waals surface area contributed by atoms with Gasteiger partial charge < -0.3 is 5.32 Å². The lowest BCUT2D eigenvalue weighted by molar-refractivity contribution is 0.761. The highest BCUT2D eigenvalue weighted by molar-refractivity contribution is 6.32. The van der Waals surface area contributed by atoms with Crippen LogP contribution in [0.15, 0.2) is 35.5 Å². The van der Waals surface area contributed by atoms with Crippen molar-refractivity contribution < 1.29 is 0 Å². The normalized spacial score (nSPS) is 14.4. The number of nitrogens with one attached hydrogen (secondary N) is 2. The molecular formula is C14H16BN3. The third-order valence-electron chi connectivity index (χ3n) is 3.26. The third-order valence-corrected chi connectivity index (χ3v) is 3.26. The van der Waals surface area contributed by atoms with Crippen LogP contribution < -0.4 is 10.8 Å². The Bertz CT molecular complexity index is 523. The molecule has 18 heavy (non-hydrogen) atoms. The van der Waals surface area contributed by atoms with E-state index in [9.17, 15) is 0 Å². The van der Waals surface area contributed by atoms with Crippen LogP contribution >= 0.6 is 0 Å². The van der Waals surface area contributed by atoms with Crippen molar-refractivity contribution in [3.8, 4) is 6.07 Å². The molecule has 0 amide bonds. The summed E-state index contributed by atoms with van der Waals surface area (Å²) in [4.78, 5) is 0. The number of hydrogen-bond acceptors (Lipinski definition) is 3. The summed E-state index contributed by atoms with van der Waals surface area (Å²) >= 11 is 0. The SMILES string of the molecule is Bc1ccc(CNC2=C(C(=N)C#N)CCC2)cc1. The molecule has 3 nitrogen and oxygen atoms in total. The Morgan fingerprint density at radius 1 is 1.33 bits per heavy atom. The zero-order valence-corrected chi connectivity index (χ0v) is 10.6. The van der Waals surface area contributed by atoms with Crippen LogP contribution in [0.3, 0.4) is 0 Å². The molecule has 1 aliphatic rings. The fourth-order valence-electron chi connectivity index (χ4n) is 2.20. The Labute approximate surface area is 108 Å². The van der Waals surface area contributed by atoms with E-state index in [2.05, 4.69) is 37.4 Å². The Hall–Kier alpha value is -2.02. The number of nitrogens with zero attached hydrogens (tertiary/aromatic N) is 1. The lowest BCUT2D eigenvalue weighted by atomic mass is 9.95. The Balaban J connectivity index is 2.03. The highest BCUT2D eigenvalue weighted by atomic mass is 14.9. The van der Waals surface area contributed by atoms with Gasteiger partial charge in [0, 0.05) is 17.8 Å². The van der Waals surface area contributed by atoms with E-state index >= 15 is 0 Å². The maximum atomic E-state index is 8.79. The van der Waals surface area contributed by atoms with E-state index in [4.69, 9.17) is 10.7 Å². The maximum absolute atomic E-state index is 8.79. The van der Waals surface area contributed by atoms with Crippen molar-refractivity contribution in [3.05, 3.63) is 41.1 Å². The van der Waals surface area contributed by atoms with E-state index in [1.54, 1.807) is 0 Å². The minimum absolute atomic E-state index is 0.110. The Morgan fingerprint density at radius 3 is 2.72 bits per heavy atom. The van der Waals surface area contributed by atoms with E-state index in [0.717, 1.165) is 37.1 Å². The topological polar surface area (TPSA) is 59.7 Å². The largest absolute Gasteiger partial charge is 0.384 e. The molecule has 90 valence electrons. The van der Waals surface area contributed by atoms with E-state index in [1.807, 2.05) is 6.07 Å². The molecule has 0 bridgehead atoms. The molecular weight excluding hydrogens is 221 g/mol. The average molecular weight is 237 g/mol. The summed E-state index contributed by atoms with van der Waals surface area (Å²) in [6, 6.07) is 10.3. The Kier molecular flexibility index (Phi) is 3.83. The lowest BCUT2D eigenvalue weighted by Gasteiger charge is -2.09. The van der Waals surface area contributed by atoms with Crippen LogP contribution in [0.1, 0.15) is 24.8 Å². The summed E-state index contributed by atoms with van der Waals surface area (Å²) in [6.45, 7) is 0.762. The number of allylic oxidation sites excluding steroid dienone is 2. The summed E-state index contributed by atoms with van der Waals surface area (Å²) in [5.74, 6) is 0.